The fraction of sp³-hybridized carbons (Fsp3) is 0.111. The molecule has 0 N–H and O–H groups in total. The fourth-order valence-electron chi connectivity index (χ4n) is 2.77. The van der Waals surface area contributed by atoms with Gasteiger partial charge in [-0.25, -0.2) is 4.79 Å². The predicted octanol–water partition coefficient (Wildman–Crippen LogP) is 1.25. The normalized spacial score (nSPS) is 13.0. The van der Waals surface area contributed by atoms with Crippen molar-refractivity contribution in [2.24, 2.45) is 0 Å². The quantitative estimate of drug-likeness (QED) is 0.507. The maximum Gasteiger partial charge on any atom is 0.338 e. The van der Waals surface area contributed by atoms with E-state index in [1.54, 1.807) is 0 Å². The molecule has 0 spiro atoms. The van der Waals surface area contributed by atoms with Crippen molar-refractivity contribution in [2.45, 2.75) is 6.61 Å². The molecule has 1 aliphatic rings. The highest BCUT2D eigenvalue weighted by Crippen LogP contribution is 2.23. The van der Waals surface area contributed by atoms with E-state index in [2.05, 4.69) is 15.5 Å². The molecule has 27 heavy (non-hydrogen) atoms. The first kappa shape index (κ1) is 16.6. The molecule has 2 amide bonds. The zero-order chi connectivity index (χ0) is 19.0. The van der Waals surface area contributed by atoms with Crippen molar-refractivity contribution in [1.82, 2.24) is 25.1 Å². The predicted molar refractivity (Wildman–Crippen MR) is 91.1 cm³/mol. The molecule has 0 radical (unpaired) electrons. The molecule has 0 saturated heterocycles. The summed E-state index contributed by atoms with van der Waals surface area (Å²) in [5.74, 6) is -1.13. The van der Waals surface area contributed by atoms with Crippen LogP contribution in [-0.4, -0.2) is 49.9 Å². The first-order chi connectivity index (χ1) is 13.1. The number of rotatable bonds is 4. The summed E-state index contributed by atoms with van der Waals surface area (Å²) in [7, 11) is 1.39. The zero-order valence-electron chi connectivity index (χ0n) is 14.2. The molecule has 9 nitrogen and oxygen atoms in total. The van der Waals surface area contributed by atoms with Crippen LogP contribution in [0.3, 0.4) is 0 Å². The summed E-state index contributed by atoms with van der Waals surface area (Å²) in [5, 5.41) is 11.4. The summed E-state index contributed by atoms with van der Waals surface area (Å²) in [6, 6.07) is 13.4. The number of imide groups is 1. The van der Waals surface area contributed by atoms with Gasteiger partial charge in [-0.05, 0) is 40.8 Å². The molecule has 3 aromatic rings. The minimum absolute atomic E-state index is 0.148. The molecule has 1 aliphatic heterocycles. The number of ether oxygens (including phenoxy) is 1. The Balaban J connectivity index is 1.52. The number of hydrogen-bond acceptors (Lipinski definition) is 7. The second-order valence-corrected chi connectivity index (χ2v) is 5.85. The van der Waals surface area contributed by atoms with E-state index >= 15 is 0 Å². The average molecular weight is 363 g/mol. The Kier molecular flexibility index (Phi) is 3.96. The number of para-hydroxylation sites is 1. The maximum atomic E-state index is 12.3. The van der Waals surface area contributed by atoms with Crippen LogP contribution in [0.1, 0.15) is 36.9 Å². The first-order valence-electron chi connectivity index (χ1n) is 8.02. The van der Waals surface area contributed by atoms with E-state index in [9.17, 15) is 14.4 Å². The molecule has 4 rings (SSSR count). The largest absolute Gasteiger partial charge is 0.454 e. The van der Waals surface area contributed by atoms with Crippen molar-refractivity contribution in [1.29, 1.82) is 0 Å². The molecule has 2 heterocycles. The van der Waals surface area contributed by atoms with Gasteiger partial charge in [0.05, 0.1) is 22.4 Å². The molecule has 0 aliphatic carbocycles. The summed E-state index contributed by atoms with van der Waals surface area (Å²) in [6.07, 6.45) is 0. The maximum absolute atomic E-state index is 12.3. The molecule has 0 unspecified atom stereocenters. The van der Waals surface area contributed by atoms with E-state index in [1.807, 2.05) is 30.3 Å². The summed E-state index contributed by atoms with van der Waals surface area (Å²) in [4.78, 5) is 37.3. The number of esters is 1. The molecule has 0 bridgehead atoms. The molecular formula is C18H13N5O4. The zero-order valence-corrected chi connectivity index (χ0v) is 14.2. The Morgan fingerprint density at radius 3 is 2.56 bits per heavy atom. The highest BCUT2D eigenvalue weighted by Gasteiger charge is 2.33. The molecule has 0 saturated carbocycles. The van der Waals surface area contributed by atoms with Gasteiger partial charge in [-0.2, -0.15) is 4.68 Å². The molecule has 1 aromatic heterocycles. The monoisotopic (exact) mass is 363 g/mol. The van der Waals surface area contributed by atoms with E-state index < -0.39 is 17.8 Å². The molecular weight excluding hydrogens is 350 g/mol. The number of carbonyl (C=O) groups excluding carboxylic acids is 3. The van der Waals surface area contributed by atoms with Gasteiger partial charge in [-0.15, -0.1) is 5.10 Å². The Labute approximate surface area is 153 Å². The van der Waals surface area contributed by atoms with Crippen LogP contribution in [0.2, 0.25) is 0 Å². The minimum Gasteiger partial charge on any atom is -0.454 e. The van der Waals surface area contributed by atoms with Gasteiger partial charge in [0.25, 0.3) is 11.8 Å². The highest BCUT2D eigenvalue weighted by atomic mass is 16.5. The standard InChI is InChI=1S/C18H13N5O4/c1-22-16(24)13-8-7-11(9-14(13)17(22)25)18(26)27-10-15-19-20-21-23(15)12-5-3-2-4-6-12/h2-9H,10H2,1H3. The number of benzene rings is 2. The molecule has 134 valence electrons. The molecule has 0 fully saturated rings. The van der Waals surface area contributed by atoms with E-state index in [4.69, 9.17) is 4.74 Å². The second-order valence-electron chi connectivity index (χ2n) is 5.85. The van der Waals surface area contributed by atoms with Crippen LogP contribution >= 0.6 is 0 Å². The van der Waals surface area contributed by atoms with E-state index in [0.29, 0.717) is 5.82 Å². The lowest BCUT2D eigenvalue weighted by Gasteiger charge is -2.06. The summed E-state index contributed by atoms with van der Waals surface area (Å²) in [6.45, 7) is -0.148. The SMILES string of the molecule is CN1C(=O)c2ccc(C(=O)OCc3nnnn3-c3ccccc3)cc2C1=O. The van der Waals surface area contributed by atoms with Crippen LogP contribution in [0.5, 0.6) is 0 Å². The van der Waals surface area contributed by atoms with Crippen LogP contribution in [0.25, 0.3) is 5.69 Å². The van der Waals surface area contributed by atoms with Crippen molar-refractivity contribution < 1.29 is 19.1 Å². The lowest BCUT2D eigenvalue weighted by atomic mass is 10.1. The minimum atomic E-state index is -0.643. The van der Waals surface area contributed by atoms with Gasteiger partial charge < -0.3 is 4.74 Å². The molecule has 0 atom stereocenters. The van der Waals surface area contributed by atoms with Crippen molar-refractivity contribution in [3.8, 4) is 5.69 Å². The molecule has 9 heteroatoms. The third kappa shape index (κ3) is 2.84. The van der Waals surface area contributed by atoms with Crippen molar-refractivity contribution in [3.63, 3.8) is 0 Å². The van der Waals surface area contributed by atoms with Gasteiger partial charge in [-0.1, -0.05) is 18.2 Å². The second kappa shape index (κ2) is 6.45. The Morgan fingerprint density at radius 2 is 1.78 bits per heavy atom. The lowest BCUT2D eigenvalue weighted by Crippen LogP contribution is -2.24. The lowest BCUT2D eigenvalue weighted by molar-refractivity contribution is 0.0459. The van der Waals surface area contributed by atoms with Crippen LogP contribution in [0.15, 0.2) is 48.5 Å². The fourth-order valence-corrected chi connectivity index (χ4v) is 2.77. The number of fused-ring (bicyclic) bond motifs is 1. The summed E-state index contributed by atoms with van der Waals surface area (Å²) < 4.78 is 6.74. The third-order valence-corrected chi connectivity index (χ3v) is 4.19. The van der Waals surface area contributed by atoms with Gasteiger partial charge >= 0.3 is 5.97 Å². The number of carbonyl (C=O) groups is 3. The molecule has 2 aromatic carbocycles. The average Bonchev–Trinajstić information content (AvgIpc) is 3.26. The third-order valence-electron chi connectivity index (χ3n) is 4.19. The van der Waals surface area contributed by atoms with Crippen LogP contribution in [-0.2, 0) is 11.3 Å². The van der Waals surface area contributed by atoms with Crippen molar-refractivity contribution >= 4 is 17.8 Å². The van der Waals surface area contributed by atoms with Crippen LogP contribution < -0.4 is 0 Å². The van der Waals surface area contributed by atoms with Gasteiger partial charge in [-0.3, -0.25) is 14.5 Å². The van der Waals surface area contributed by atoms with Gasteiger partial charge in [0.1, 0.15) is 0 Å². The summed E-state index contributed by atoms with van der Waals surface area (Å²) >= 11 is 0. The van der Waals surface area contributed by atoms with Gasteiger partial charge in [0, 0.05) is 7.05 Å². The number of amides is 2. The van der Waals surface area contributed by atoms with Crippen molar-refractivity contribution in [2.75, 3.05) is 7.05 Å². The number of aromatic nitrogens is 4. The first-order valence-corrected chi connectivity index (χ1v) is 8.02. The van der Waals surface area contributed by atoms with E-state index in [0.717, 1.165) is 10.6 Å². The highest BCUT2D eigenvalue weighted by molar-refractivity contribution is 6.21. The van der Waals surface area contributed by atoms with E-state index in [-0.39, 0.29) is 23.3 Å². The smallest absolute Gasteiger partial charge is 0.338 e. The van der Waals surface area contributed by atoms with Gasteiger partial charge in [0.2, 0.25) is 0 Å². The Hall–Kier alpha value is -3.88. The number of nitrogens with zero attached hydrogens (tertiary/aromatic N) is 5. The Morgan fingerprint density at radius 1 is 1.04 bits per heavy atom. The van der Waals surface area contributed by atoms with Gasteiger partial charge in [0.15, 0.2) is 12.4 Å². The number of hydrogen-bond donors (Lipinski definition) is 0. The Bertz CT molecular complexity index is 1060. The van der Waals surface area contributed by atoms with Crippen LogP contribution in [0.4, 0.5) is 0 Å². The van der Waals surface area contributed by atoms with E-state index in [1.165, 1.54) is 29.9 Å². The topological polar surface area (TPSA) is 107 Å². The van der Waals surface area contributed by atoms with Crippen molar-refractivity contribution in [3.05, 3.63) is 71.0 Å². The van der Waals surface area contributed by atoms with Crippen LogP contribution in [0, 0.1) is 0 Å². The summed E-state index contributed by atoms with van der Waals surface area (Å²) in [5.41, 5.74) is 1.36. The number of tetrazole rings is 1.